The fourth-order valence-electron chi connectivity index (χ4n) is 1.39. The smallest absolute Gasteiger partial charge is 0.0466 e. The molecule has 1 aliphatic carbocycles. The third kappa shape index (κ3) is 7.51. The quantitative estimate of drug-likeness (QED) is 0.663. The van der Waals surface area contributed by atoms with Crippen LogP contribution >= 0.6 is 0 Å². The van der Waals surface area contributed by atoms with Gasteiger partial charge in [-0.25, -0.2) is 0 Å². The minimum absolute atomic E-state index is 0. The van der Waals surface area contributed by atoms with Crippen LogP contribution in [-0.4, -0.2) is 13.2 Å². The molecule has 1 radical (unpaired) electrons. The fourth-order valence-corrected chi connectivity index (χ4v) is 1.39. The summed E-state index contributed by atoms with van der Waals surface area (Å²) in [7, 11) is 0. The predicted octanol–water partition coefficient (Wildman–Crippen LogP) is 2.75. The van der Waals surface area contributed by atoms with Crippen LogP contribution in [0, 0.1) is 35.6 Å². The second kappa shape index (κ2) is 9.24. The molecule has 2 aliphatic rings. The average Bonchev–Trinajstić information content (AvgIpc) is 2.67. The van der Waals surface area contributed by atoms with Crippen LogP contribution < -0.4 is 0 Å². The van der Waals surface area contributed by atoms with Gasteiger partial charge in [0.25, 0.3) is 0 Å². The van der Waals surface area contributed by atoms with Gasteiger partial charge in [-0.1, -0.05) is 32.1 Å². The minimum atomic E-state index is 0. The third-order valence-corrected chi connectivity index (χ3v) is 2.08. The number of hydrogen-bond acceptors (Lipinski definition) is 1. The molecule has 0 aromatic rings. The first kappa shape index (κ1) is 12.2. The summed E-state index contributed by atoms with van der Waals surface area (Å²) in [6.45, 7) is 2.00. The summed E-state index contributed by atoms with van der Waals surface area (Å²) >= 11 is 0. The SMILES string of the molecule is C1CCCC1.C1CCOC1.[La]. The van der Waals surface area contributed by atoms with Gasteiger partial charge in [0, 0.05) is 48.8 Å². The molecule has 0 amide bonds. The van der Waals surface area contributed by atoms with Crippen molar-refractivity contribution in [2.75, 3.05) is 13.2 Å². The summed E-state index contributed by atoms with van der Waals surface area (Å²) in [6, 6.07) is 0. The average molecular weight is 281 g/mol. The van der Waals surface area contributed by atoms with E-state index in [1.165, 1.54) is 44.9 Å². The molecule has 0 aromatic heterocycles. The number of hydrogen-bond donors (Lipinski definition) is 0. The molecule has 1 aliphatic heterocycles. The molecular weight excluding hydrogens is 263 g/mol. The van der Waals surface area contributed by atoms with Crippen molar-refractivity contribution in [3.05, 3.63) is 0 Å². The molecule has 11 heavy (non-hydrogen) atoms. The normalized spacial score (nSPS) is 21.8. The van der Waals surface area contributed by atoms with Crippen molar-refractivity contribution < 1.29 is 40.3 Å². The molecule has 63 valence electrons. The molecule has 0 atom stereocenters. The molecule has 0 N–H and O–H groups in total. The van der Waals surface area contributed by atoms with E-state index in [9.17, 15) is 0 Å². The van der Waals surface area contributed by atoms with E-state index in [0.29, 0.717) is 0 Å². The molecule has 1 heterocycles. The van der Waals surface area contributed by atoms with Gasteiger partial charge in [0.05, 0.1) is 0 Å². The van der Waals surface area contributed by atoms with Crippen LogP contribution in [0.25, 0.3) is 0 Å². The van der Waals surface area contributed by atoms with Crippen LogP contribution in [0.4, 0.5) is 0 Å². The van der Waals surface area contributed by atoms with Gasteiger partial charge in [-0.2, -0.15) is 0 Å². The summed E-state index contributed by atoms with van der Waals surface area (Å²) in [5.74, 6) is 0. The Morgan fingerprint density at radius 2 is 0.909 bits per heavy atom. The van der Waals surface area contributed by atoms with Crippen molar-refractivity contribution >= 4 is 0 Å². The molecule has 2 rings (SSSR count). The fraction of sp³-hybridized carbons (Fsp3) is 1.00. The molecule has 2 fully saturated rings. The van der Waals surface area contributed by atoms with E-state index in [4.69, 9.17) is 4.74 Å². The van der Waals surface area contributed by atoms with E-state index >= 15 is 0 Å². The predicted molar refractivity (Wildman–Crippen MR) is 43.1 cm³/mol. The van der Waals surface area contributed by atoms with Crippen LogP contribution in [0.3, 0.4) is 0 Å². The topological polar surface area (TPSA) is 9.23 Å². The van der Waals surface area contributed by atoms with Gasteiger partial charge in [-0.15, -0.1) is 0 Å². The van der Waals surface area contributed by atoms with Crippen molar-refractivity contribution in [3.8, 4) is 0 Å². The van der Waals surface area contributed by atoms with Crippen LogP contribution in [0.2, 0.25) is 0 Å². The zero-order chi connectivity index (χ0) is 7.07. The summed E-state index contributed by atoms with van der Waals surface area (Å²) < 4.78 is 4.94. The minimum Gasteiger partial charge on any atom is -0.381 e. The van der Waals surface area contributed by atoms with E-state index in [0.717, 1.165) is 13.2 Å². The maximum absolute atomic E-state index is 4.94. The Labute approximate surface area is 97.9 Å². The summed E-state index contributed by atoms with van der Waals surface area (Å²) in [4.78, 5) is 0. The number of ether oxygens (including phenoxy) is 1. The maximum atomic E-state index is 4.94. The zero-order valence-corrected chi connectivity index (χ0v) is 11.0. The molecule has 0 unspecified atom stereocenters. The molecular formula is C9H18LaO. The Morgan fingerprint density at radius 3 is 1.09 bits per heavy atom. The van der Waals surface area contributed by atoms with Crippen molar-refractivity contribution in [1.29, 1.82) is 0 Å². The first-order valence-corrected chi connectivity index (χ1v) is 4.58. The Hall–Kier alpha value is 1.15. The van der Waals surface area contributed by atoms with Gasteiger partial charge in [-0.05, 0) is 12.8 Å². The Kier molecular flexibility index (Phi) is 10.2. The van der Waals surface area contributed by atoms with E-state index in [1.807, 2.05) is 0 Å². The Morgan fingerprint density at radius 1 is 0.545 bits per heavy atom. The Balaban J connectivity index is 0.000000167. The number of rotatable bonds is 0. The van der Waals surface area contributed by atoms with E-state index in [1.54, 1.807) is 0 Å². The van der Waals surface area contributed by atoms with Gasteiger partial charge in [0.1, 0.15) is 0 Å². The van der Waals surface area contributed by atoms with Crippen LogP contribution in [0.1, 0.15) is 44.9 Å². The largest absolute Gasteiger partial charge is 0.381 e. The molecule has 0 spiro atoms. The third-order valence-electron chi connectivity index (χ3n) is 2.08. The standard InChI is InChI=1S/C5H10.C4H8O.La/c2*1-2-4-5-3-1;/h1-5H2;1-4H2;. The van der Waals surface area contributed by atoms with Gasteiger partial charge >= 0.3 is 0 Å². The summed E-state index contributed by atoms with van der Waals surface area (Å²) in [6.07, 6.45) is 10.1. The molecule has 1 saturated heterocycles. The maximum Gasteiger partial charge on any atom is 0.0466 e. The van der Waals surface area contributed by atoms with Crippen molar-refractivity contribution in [3.63, 3.8) is 0 Å². The van der Waals surface area contributed by atoms with Gasteiger partial charge < -0.3 is 4.74 Å². The van der Waals surface area contributed by atoms with E-state index in [2.05, 4.69) is 0 Å². The van der Waals surface area contributed by atoms with Crippen LogP contribution in [0.15, 0.2) is 0 Å². The van der Waals surface area contributed by atoms with Crippen LogP contribution in [0.5, 0.6) is 0 Å². The Bertz CT molecular complexity index is 42.7. The van der Waals surface area contributed by atoms with E-state index < -0.39 is 0 Å². The first-order chi connectivity index (χ1) is 5.00. The van der Waals surface area contributed by atoms with Gasteiger partial charge in [0.2, 0.25) is 0 Å². The van der Waals surface area contributed by atoms with Crippen molar-refractivity contribution in [2.45, 2.75) is 44.9 Å². The molecule has 2 heteroatoms. The van der Waals surface area contributed by atoms with Crippen molar-refractivity contribution in [2.24, 2.45) is 0 Å². The summed E-state index contributed by atoms with van der Waals surface area (Å²) in [5, 5.41) is 0. The first-order valence-electron chi connectivity index (χ1n) is 4.58. The zero-order valence-electron chi connectivity index (χ0n) is 7.35. The van der Waals surface area contributed by atoms with Crippen LogP contribution in [-0.2, 0) is 4.74 Å². The van der Waals surface area contributed by atoms with Crippen molar-refractivity contribution in [1.82, 2.24) is 0 Å². The van der Waals surface area contributed by atoms with Gasteiger partial charge in [-0.3, -0.25) is 0 Å². The van der Waals surface area contributed by atoms with Gasteiger partial charge in [0.15, 0.2) is 0 Å². The monoisotopic (exact) mass is 281 g/mol. The molecule has 0 bridgehead atoms. The summed E-state index contributed by atoms with van der Waals surface area (Å²) in [5.41, 5.74) is 0. The molecule has 0 aromatic carbocycles. The molecule has 1 saturated carbocycles. The second-order valence-corrected chi connectivity index (χ2v) is 3.09. The second-order valence-electron chi connectivity index (χ2n) is 3.09. The van der Waals surface area contributed by atoms with E-state index in [-0.39, 0.29) is 35.6 Å². The molecule has 1 nitrogen and oxygen atoms in total.